The Morgan fingerprint density at radius 3 is 2.17 bits per heavy atom. The molecule has 1 aliphatic heterocycles. The van der Waals surface area contributed by atoms with E-state index in [1.807, 2.05) is 130 Å². The van der Waals surface area contributed by atoms with Gasteiger partial charge in [-0.1, -0.05) is 94.3 Å². The second kappa shape index (κ2) is 16.1. The molecular weight excluding hydrogens is 600 g/mol. The Labute approximate surface area is 283 Å². The zero-order chi connectivity index (χ0) is 34.0. The minimum absolute atomic E-state index is 0.154. The van der Waals surface area contributed by atoms with Crippen molar-refractivity contribution in [3.8, 4) is 11.5 Å². The Balaban J connectivity index is 1.52. The van der Waals surface area contributed by atoms with Crippen molar-refractivity contribution in [2.24, 2.45) is 23.5 Å². The molecule has 0 saturated heterocycles. The zero-order valence-corrected chi connectivity index (χ0v) is 28.0. The first-order valence-corrected chi connectivity index (χ1v) is 16.9. The van der Waals surface area contributed by atoms with E-state index in [0.717, 1.165) is 41.2 Å². The van der Waals surface area contributed by atoms with Crippen LogP contribution in [0.2, 0.25) is 0 Å². The number of fused-ring (bicyclic) bond motifs is 1. The summed E-state index contributed by atoms with van der Waals surface area (Å²) in [4.78, 5) is 45.4. The van der Waals surface area contributed by atoms with Crippen molar-refractivity contribution in [2.75, 3.05) is 16.3 Å². The molecule has 8 nitrogen and oxygen atoms in total. The number of carbonyl (C=O) groups excluding carboxylic acids is 3. The lowest BCUT2D eigenvalue weighted by molar-refractivity contribution is -0.136. The van der Waals surface area contributed by atoms with Gasteiger partial charge in [-0.2, -0.15) is 0 Å². The number of rotatable bonds is 14. The van der Waals surface area contributed by atoms with Gasteiger partial charge in [0.2, 0.25) is 11.8 Å². The van der Waals surface area contributed by atoms with Crippen molar-refractivity contribution in [3.05, 3.63) is 115 Å². The van der Waals surface area contributed by atoms with Crippen molar-refractivity contribution >= 4 is 34.8 Å². The van der Waals surface area contributed by atoms with Crippen LogP contribution in [0.4, 0.5) is 17.1 Å². The number of para-hydroxylation sites is 4. The Hall–Kier alpha value is -5.11. The first-order chi connectivity index (χ1) is 23.2. The molecule has 8 heteroatoms. The normalized spacial score (nSPS) is 15.8. The number of anilines is 3. The molecule has 48 heavy (non-hydrogen) atoms. The molecule has 1 aliphatic rings. The highest BCUT2D eigenvalue weighted by Crippen LogP contribution is 2.38. The zero-order valence-electron chi connectivity index (χ0n) is 28.0. The van der Waals surface area contributed by atoms with Gasteiger partial charge >= 0.3 is 0 Å². The van der Waals surface area contributed by atoms with Gasteiger partial charge in [-0.15, -0.1) is 0 Å². The van der Waals surface area contributed by atoms with Crippen LogP contribution in [0.25, 0.3) is 0 Å². The molecule has 4 aromatic rings. The lowest BCUT2D eigenvalue weighted by atomic mass is 9.81. The first kappa shape index (κ1) is 34.2. The fraction of sp³-hybridized carbons (Fsp3) is 0.325. The molecule has 250 valence electrons. The van der Waals surface area contributed by atoms with Crippen LogP contribution in [0.5, 0.6) is 11.5 Å². The summed E-state index contributed by atoms with van der Waals surface area (Å²) in [7, 11) is 0. The number of unbranched alkanes of at least 4 members (excludes halogenated alkanes) is 1. The van der Waals surface area contributed by atoms with Crippen LogP contribution < -0.4 is 25.6 Å². The van der Waals surface area contributed by atoms with Gasteiger partial charge in [0, 0.05) is 17.5 Å². The number of benzene rings is 4. The van der Waals surface area contributed by atoms with Gasteiger partial charge in [0.15, 0.2) is 0 Å². The molecule has 0 fully saturated rings. The van der Waals surface area contributed by atoms with E-state index in [-0.39, 0.29) is 30.8 Å². The summed E-state index contributed by atoms with van der Waals surface area (Å²) in [6, 6.07) is 34.0. The molecule has 0 radical (unpaired) electrons. The topological polar surface area (TPSA) is 105 Å². The maximum absolute atomic E-state index is 14.7. The van der Waals surface area contributed by atoms with E-state index in [1.54, 1.807) is 4.90 Å². The molecule has 0 aliphatic carbocycles. The largest absolute Gasteiger partial charge is 0.457 e. The maximum atomic E-state index is 14.7. The van der Waals surface area contributed by atoms with Crippen LogP contribution in [0, 0.1) is 17.8 Å². The second-order valence-corrected chi connectivity index (χ2v) is 12.9. The fourth-order valence-electron chi connectivity index (χ4n) is 6.43. The summed E-state index contributed by atoms with van der Waals surface area (Å²) in [5, 5.41) is 3.12. The molecule has 0 bridgehead atoms. The van der Waals surface area contributed by atoms with Gasteiger partial charge in [0.1, 0.15) is 17.5 Å². The molecule has 0 saturated carbocycles. The Kier molecular flexibility index (Phi) is 11.5. The number of hydrogen-bond acceptors (Lipinski definition) is 5. The van der Waals surface area contributed by atoms with Crippen LogP contribution in [0.1, 0.15) is 52.0 Å². The summed E-state index contributed by atoms with van der Waals surface area (Å²) >= 11 is 0. The van der Waals surface area contributed by atoms with Gasteiger partial charge in [-0.3, -0.25) is 14.4 Å². The third-order valence-electron chi connectivity index (χ3n) is 8.78. The highest BCUT2D eigenvalue weighted by Gasteiger charge is 2.39. The van der Waals surface area contributed by atoms with E-state index in [9.17, 15) is 14.4 Å². The summed E-state index contributed by atoms with van der Waals surface area (Å²) in [5.74, 6) is -0.760. The third-order valence-corrected chi connectivity index (χ3v) is 8.78. The standard InChI is InChI=1S/C40H46N4O4/c1-4-5-21-33(38(41)45)34(24-28(2)3)39(46)42-35-27-43(30-16-8-6-9-17-30)36-22-12-13-23-37(36)44(40(35)47)26-29-15-14-20-32(25-29)48-31-18-10-7-11-19-31/h6-20,22-23,25,28,33-35H,4-5,21,24,26-27H2,1-3H3,(H2,41,45)(H,42,46). The minimum atomic E-state index is -0.900. The molecule has 0 aromatic heterocycles. The van der Waals surface area contributed by atoms with E-state index in [0.29, 0.717) is 18.6 Å². The summed E-state index contributed by atoms with van der Waals surface area (Å²) in [6.07, 6.45) is 2.70. The van der Waals surface area contributed by atoms with Gasteiger partial charge in [0.25, 0.3) is 5.91 Å². The van der Waals surface area contributed by atoms with Gasteiger partial charge in [-0.05, 0) is 72.9 Å². The Morgan fingerprint density at radius 2 is 1.50 bits per heavy atom. The summed E-state index contributed by atoms with van der Waals surface area (Å²) in [5.41, 5.74) is 9.24. The lowest BCUT2D eigenvalue weighted by Gasteiger charge is -2.30. The number of ether oxygens (including phenoxy) is 1. The number of amides is 3. The van der Waals surface area contributed by atoms with Crippen molar-refractivity contribution in [3.63, 3.8) is 0 Å². The van der Waals surface area contributed by atoms with Crippen LogP contribution in [-0.2, 0) is 20.9 Å². The molecule has 4 aromatic carbocycles. The maximum Gasteiger partial charge on any atom is 0.251 e. The smallest absolute Gasteiger partial charge is 0.251 e. The predicted molar refractivity (Wildman–Crippen MR) is 191 cm³/mol. The predicted octanol–water partition coefficient (Wildman–Crippen LogP) is 7.60. The van der Waals surface area contributed by atoms with E-state index < -0.39 is 23.8 Å². The first-order valence-electron chi connectivity index (χ1n) is 16.9. The lowest BCUT2D eigenvalue weighted by Crippen LogP contribution is -2.54. The van der Waals surface area contributed by atoms with Crippen LogP contribution in [-0.4, -0.2) is 30.3 Å². The molecular formula is C40H46N4O4. The molecule has 5 rings (SSSR count). The Bertz CT molecular complexity index is 1680. The van der Waals surface area contributed by atoms with Crippen molar-refractivity contribution in [1.82, 2.24) is 5.32 Å². The SMILES string of the molecule is CCCCC(C(N)=O)C(CC(C)C)C(=O)NC1CN(c2ccccc2)c2ccccc2N(Cc2cccc(Oc3ccccc3)c2)C1=O. The average molecular weight is 647 g/mol. The monoisotopic (exact) mass is 646 g/mol. The van der Waals surface area contributed by atoms with Gasteiger partial charge in [-0.25, -0.2) is 0 Å². The molecule has 3 amide bonds. The van der Waals surface area contributed by atoms with E-state index in [2.05, 4.69) is 10.2 Å². The van der Waals surface area contributed by atoms with Crippen molar-refractivity contribution < 1.29 is 19.1 Å². The average Bonchev–Trinajstić information content (AvgIpc) is 3.19. The summed E-state index contributed by atoms with van der Waals surface area (Å²) < 4.78 is 6.10. The van der Waals surface area contributed by atoms with Gasteiger partial charge < -0.3 is 25.6 Å². The minimum Gasteiger partial charge on any atom is -0.457 e. The number of nitrogens with one attached hydrogen (secondary N) is 1. The number of primary amides is 1. The highest BCUT2D eigenvalue weighted by molar-refractivity contribution is 6.04. The fourth-order valence-corrected chi connectivity index (χ4v) is 6.43. The van der Waals surface area contributed by atoms with Crippen molar-refractivity contribution in [1.29, 1.82) is 0 Å². The van der Waals surface area contributed by atoms with E-state index >= 15 is 0 Å². The van der Waals surface area contributed by atoms with Crippen LogP contribution >= 0.6 is 0 Å². The van der Waals surface area contributed by atoms with E-state index in [4.69, 9.17) is 10.5 Å². The molecule has 0 spiro atoms. The second-order valence-electron chi connectivity index (χ2n) is 12.9. The molecule has 3 unspecified atom stereocenters. The third kappa shape index (κ3) is 8.42. The van der Waals surface area contributed by atoms with Crippen LogP contribution in [0.3, 0.4) is 0 Å². The summed E-state index contributed by atoms with van der Waals surface area (Å²) in [6.45, 7) is 6.57. The van der Waals surface area contributed by atoms with Crippen LogP contribution in [0.15, 0.2) is 109 Å². The number of nitrogens with two attached hydrogens (primary N) is 1. The number of carbonyl (C=O) groups is 3. The van der Waals surface area contributed by atoms with E-state index in [1.165, 1.54) is 0 Å². The molecule has 3 N–H and O–H groups in total. The van der Waals surface area contributed by atoms with Gasteiger partial charge in [0.05, 0.1) is 24.5 Å². The van der Waals surface area contributed by atoms with Crippen molar-refractivity contribution in [2.45, 2.75) is 59.0 Å². The molecule has 3 atom stereocenters. The number of hydrogen-bond donors (Lipinski definition) is 2. The highest BCUT2D eigenvalue weighted by atomic mass is 16.5. The molecule has 1 heterocycles. The number of nitrogens with zero attached hydrogens (tertiary/aromatic N) is 2. The Morgan fingerprint density at radius 1 is 0.854 bits per heavy atom. The quantitative estimate of drug-likeness (QED) is 0.147.